The lowest BCUT2D eigenvalue weighted by atomic mass is 9.92. The van der Waals surface area contributed by atoms with Crippen LogP contribution in [0.5, 0.6) is 5.75 Å². The fraction of sp³-hybridized carbons (Fsp3) is 0.571. The third-order valence-corrected chi connectivity index (χ3v) is 3.60. The predicted molar refractivity (Wildman–Crippen MR) is 73.5 cm³/mol. The molecule has 0 heterocycles. The number of aliphatic hydroxyl groups excluding tert-OH is 2. The summed E-state index contributed by atoms with van der Waals surface area (Å²) in [6.07, 6.45) is -1.02. The molecule has 3 unspecified atom stereocenters. The van der Waals surface area contributed by atoms with Gasteiger partial charge >= 0.3 is 0 Å². The van der Waals surface area contributed by atoms with Gasteiger partial charge in [-0.15, -0.1) is 0 Å². The van der Waals surface area contributed by atoms with Gasteiger partial charge in [0.2, 0.25) is 0 Å². The standard InChI is InChI=1S/C14H21ClO3/c1-8(5-13(17)10(3)16)11-7-12(15)9(2)6-14(11)18-4/h6-8,10,13,16-17H,5H2,1-4H3. The number of aliphatic hydroxyl groups is 2. The molecular weight excluding hydrogens is 252 g/mol. The van der Waals surface area contributed by atoms with Gasteiger partial charge in [-0.1, -0.05) is 18.5 Å². The molecule has 0 radical (unpaired) electrons. The molecule has 0 saturated carbocycles. The van der Waals surface area contributed by atoms with Gasteiger partial charge in [0.05, 0.1) is 19.3 Å². The summed E-state index contributed by atoms with van der Waals surface area (Å²) < 4.78 is 5.34. The summed E-state index contributed by atoms with van der Waals surface area (Å²) in [6.45, 7) is 5.48. The third kappa shape index (κ3) is 3.61. The predicted octanol–water partition coefficient (Wildman–Crippen LogP) is 2.89. The first-order valence-corrected chi connectivity index (χ1v) is 6.44. The van der Waals surface area contributed by atoms with E-state index in [4.69, 9.17) is 16.3 Å². The molecule has 0 bridgehead atoms. The number of benzene rings is 1. The van der Waals surface area contributed by atoms with Gasteiger partial charge in [0.15, 0.2) is 0 Å². The number of hydrogen-bond donors (Lipinski definition) is 2. The lowest BCUT2D eigenvalue weighted by Crippen LogP contribution is -2.24. The van der Waals surface area contributed by atoms with Gasteiger partial charge in [-0.25, -0.2) is 0 Å². The fourth-order valence-electron chi connectivity index (χ4n) is 1.92. The second-order valence-electron chi connectivity index (χ2n) is 4.79. The molecule has 1 aromatic rings. The first kappa shape index (κ1) is 15.3. The Kier molecular flexibility index (Phi) is 5.45. The molecule has 102 valence electrons. The highest BCUT2D eigenvalue weighted by atomic mass is 35.5. The zero-order valence-corrected chi connectivity index (χ0v) is 12.0. The van der Waals surface area contributed by atoms with Crippen LogP contribution < -0.4 is 4.74 Å². The average molecular weight is 273 g/mol. The van der Waals surface area contributed by atoms with Crippen LogP contribution >= 0.6 is 11.6 Å². The summed E-state index contributed by atoms with van der Waals surface area (Å²) in [5.41, 5.74) is 1.91. The van der Waals surface area contributed by atoms with E-state index in [1.807, 2.05) is 26.0 Å². The molecule has 18 heavy (non-hydrogen) atoms. The molecule has 1 rings (SSSR count). The van der Waals surface area contributed by atoms with E-state index in [-0.39, 0.29) is 5.92 Å². The summed E-state index contributed by atoms with van der Waals surface area (Å²) in [7, 11) is 1.62. The monoisotopic (exact) mass is 272 g/mol. The zero-order valence-electron chi connectivity index (χ0n) is 11.3. The van der Waals surface area contributed by atoms with Crippen LogP contribution in [0.3, 0.4) is 0 Å². The van der Waals surface area contributed by atoms with Gasteiger partial charge in [-0.2, -0.15) is 0 Å². The highest BCUT2D eigenvalue weighted by Gasteiger charge is 2.19. The molecule has 0 aliphatic rings. The van der Waals surface area contributed by atoms with Gasteiger partial charge in [0, 0.05) is 5.02 Å². The van der Waals surface area contributed by atoms with Crippen molar-refractivity contribution in [1.82, 2.24) is 0 Å². The molecule has 2 N–H and O–H groups in total. The number of methoxy groups -OCH3 is 1. The van der Waals surface area contributed by atoms with Crippen LogP contribution in [0, 0.1) is 6.92 Å². The Balaban J connectivity index is 2.97. The molecule has 0 fully saturated rings. The van der Waals surface area contributed by atoms with Crippen molar-refractivity contribution in [1.29, 1.82) is 0 Å². The SMILES string of the molecule is COc1cc(C)c(Cl)cc1C(C)CC(O)C(C)O. The molecule has 4 heteroatoms. The number of hydrogen-bond acceptors (Lipinski definition) is 3. The van der Waals surface area contributed by atoms with Crippen LogP contribution in [0.15, 0.2) is 12.1 Å². The lowest BCUT2D eigenvalue weighted by Gasteiger charge is -2.21. The summed E-state index contributed by atoms with van der Waals surface area (Å²) in [4.78, 5) is 0. The van der Waals surface area contributed by atoms with Crippen molar-refractivity contribution in [3.05, 3.63) is 28.3 Å². The Bertz CT molecular complexity index is 404. The highest BCUT2D eigenvalue weighted by Crippen LogP contribution is 2.34. The summed E-state index contributed by atoms with van der Waals surface area (Å²) >= 11 is 6.12. The second-order valence-corrected chi connectivity index (χ2v) is 5.20. The van der Waals surface area contributed by atoms with E-state index in [1.165, 1.54) is 0 Å². The molecule has 0 amide bonds. The quantitative estimate of drug-likeness (QED) is 0.867. The summed E-state index contributed by atoms with van der Waals surface area (Å²) in [5, 5.41) is 19.7. The maximum Gasteiger partial charge on any atom is 0.122 e. The smallest absolute Gasteiger partial charge is 0.122 e. The Morgan fingerprint density at radius 1 is 1.28 bits per heavy atom. The van der Waals surface area contributed by atoms with Crippen LogP contribution in [0.1, 0.15) is 37.3 Å². The summed E-state index contributed by atoms with van der Waals surface area (Å²) in [6, 6.07) is 3.76. The average Bonchev–Trinajstić information content (AvgIpc) is 2.31. The fourth-order valence-corrected chi connectivity index (χ4v) is 2.09. The third-order valence-electron chi connectivity index (χ3n) is 3.19. The van der Waals surface area contributed by atoms with Crippen molar-refractivity contribution in [3.8, 4) is 5.75 Å². The van der Waals surface area contributed by atoms with Crippen LogP contribution in [0.2, 0.25) is 5.02 Å². The lowest BCUT2D eigenvalue weighted by molar-refractivity contribution is 0.0226. The second kappa shape index (κ2) is 6.41. The van der Waals surface area contributed by atoms with Crippen molar-refractivity contribution in [2.45, 2.75) is 45.3 Å². The number of rotatable bonds is 5. The molecule has 0 spiro atoms. The first-order valence-electron chi connectivity index (χ1n) is 6.07. The van der Waals surface area contributed by atoms with Gasteiger partial charge < -0.3 is 14.9 Å². The maximum atomic E-state index is 9.72. The van der Waals surface area contributed by atoms with Crippen LogP contribution in [0.4, 0.5) is 0 Å². The van der Waals surface area contributed by atoms with Crippen molar-refractivity contribution in [2.75, 3.05) is 7.11 Å². The van der Waals surface area contributed by atoms with E-state index in [2.05, 4.69) is 0 Å². The van der Waals surface area contributed by atoms with Gasteiger partial charge in [0.1, 0.15) is 5.75 Å². The molecule has 3 nitrogen and oxygen atoms in total. The molecule has 0 aromatic heterocycles. The Morgan fingerprint density at radius 3 is 2.39 bits per heavy atom. The van der Waals surface area contributed by atoms with E-state index in [9.17, 15) is 10.2 Å². The first-order chi connectivity index (χ1) is 8.36. The molecule has 3 atom stereocenters. The minimum atomic E-state index is -0.746. The van der Waals surface area contributed by atoms with Crippen LogP contribution in [-0.2, 0) is 0 Å². The number of halogens is 1. The van der Waals surface area contributed by atoms with E-state index in [1.54, 1.807) is 14.0 Å². The molecular formula is C14H21ClO3. The van der Waals surface area contributed by atoms with Crippen molar-refractivity contribution < 1.29 is 14.9 Å². The Hall–Kier alpha value is -0.770. The number of aryl methyl sites for hydroxylation is 1. The topological polar surface area (TPSA) is 49.7 Å². The Morgan fingerprint density at radius 2 is 1.89 bits per heavy atom. The van der Waals surface area contributed by atoms with Crippen molar-refractivity contribution >= 4 is 11.6 Å². The van der Waals surface area contributed by atoms with E-state index in [0.717, 1.165) is 16.9 Å². The Labute approximate surface area is 113 Å². The zero-order chi connectivity index (χ0) is 13.9. The maximum absolute atomic E-state index is 9.72. The van der Waals surface area contributed by atoms with Crippen molar-refractivity contribution in [2.24, 2.45) is 0 Å². The molecule has 0 aliphatic heterocycles. The number of ether oxygens (including phenoxy) is 1. The van der Waals surface area contributed by atoms with Gasteiger partial charge in [0.25, 0.3) is 0 Å². The summed E-state index contributed by atoms with van der Waals surface area (Å²) in [5.74, 6) is 0.824. The highest BCUT2D eigenvalue weighted by molar-refractivity contribution is 6.31. The van der Waals surface area contributed by atoms with Gasteiger partial charge in [-0.05, 0) is 49.4 Å². The van der Waals surface area contributed by atoms with Gasteiger partial charge in [-0.3, -0.25) is 0 Å². The van der Waals surface area contributed by atoms with E-state index in [0.29, 0.717) is 11.4 Å². The largest absolute Gasteiger partial charge is 0.496 e. The molecule has 0 aliphatic carbocycles. The van der Waals surface area contributed by atoms with Crippen LogP contribution in [0.25, 0.3) is 0 Å². The minimum absolute atomic E-state index is 0.0580. The molecule has 1 aromatic carbocycles. The van der Waals surface area contributed by atoms with Crippen molar-refractivity contribution in [3.63, 3.8) is 0 Å². The van der Waals surface area contributed by atoms with E-state index < -0.39 is 12.2 Å². The normalized spacial score (nSPS) is 16.2. The van der Waals surface area contributed by atoms with E-state index >= 15 is 0 Å². The molecule has 0 saturated heterocycles. The van der Waals surface area contributed by atoms with Crippen LogP contribution in [-0.4, -0.2) is 29.5 Å². The minimum Gasteiger partial charge on any atom is -0.496 e.